The van der Waals surface area contributed by atoms with Gasteiger partial charge in [-0.25, -0.2) is 0 Å². The van der Waals surface area contributed by atoms with Gasteiger partial charge in [0.2, 0.25) is 0 Å². The lowest BCUT2D eigenvalue weighted by atomic mass is 9.82. The van der Waals surface area contributed by atoms with Gasteiger partial charge in [0.15, 0.2) is 12.6 Å². The number of rotatable bonds is 42. The molecule has 0 aliphatic heterocycles. The summed E-state index contributed by atoms with van der Waals surface area (Å²) < 4.78 is 21.5. The zero-order chi connectivity index (χ0) is 44.6. The number of alkyl halides is 2. The van der Waals surface area contributed by atoms with Gasteiger partial charge in [0.05, 0.1) is 0 Å². The van der Waals surface area contributed by atoms with Crippen LogP contribution < -0.4 is 0 Å². The Morgan fingerprint density at radius 3 is 0.847 bits per heavy atom. The fraction of sp³-hybridized carbons (Fsp3) is 1.00. The minimum absolute atomic E-state index is 0.157. The van der Waals surface area contributed by atoms with Crippen molar-refractivity contribution in [1.82, 2.24) is 0 Å². The molecule has 0 aromatic carbocycles. The Morgan fingerprint density at radius 1 is 0.305 bits per heavy atom. The van der Waals surface area contributed by atoms with Crippen LogP contribution in [-0.2, 0) is 14.2 Å². The molecule has 0 aliphatic rings. The molecule has 0 amide bonds. The second kappa shape index (κ2) is 38.6. The van der Waals surface area contributed by atoms with Gasteiger partial charge >= 0.3 is 0 Å². The van der Waals surface area contributed by atoms with E-state index in [0.29, 0.717) is 0 Å². The predicted octanol–water partition coefficient (Wildman–Crippen LogP) is 19.1. The molecule has 0 heterocycles. The van der Waals surface area contributed by atoms with Gasteiger partial charge < -0.3 is 14.2 Å². The van der Waals surface area contributed by atoms with Crippen LogP contribution >= 0.6 is 45.2 Å². The molecule has 0 radical (unpaired) electrons. The largest absolute Gasteiger partial charge is 0.353 e. The maximum Gasteiger partial charge on any atom is 0.160 e. The first kappa shape index (κ1) is 60.3. The van der Waals surface area contributed by atoms with E-state index in [1.54, 1.807) is 0 Å². The molecule has 0 spiro atoms. The number of halogens is 2. The average molecular weight is 1060 g/mol. The van der Waals surface area contributed by atoms with Crippen LogP contribution in [0.25, 0.3) is 0 Å². The van der Waals surface area contributed by atoms with Crippen LogP contribution in [0.3, 0.4) is 0 Å². The number of hydrogen-bond donors (Lipinski definition) is 0. The molecule has 0 aromatic rings. The van der Waals surface area contributed by atoms with E-state index in [4.69, 9.17) is 14.2 Å². The van der Waals surface area contributed by atoms with Gasteiger partial charge in [0.1, 0.15) is 0 Å². The van der Waals surface area contributed by atoms with Crippen LogP contribution in [0, 0.1) is 59.2 Å². The van der Waals surface area contributed by atoms with Crippen molar-refractivity contribution < 1.29 is 14.2 Å². The van der Waals surface area contributed by atoms with E-state index in [-0.39, 0.29) is 12.6 Å². The predicted molar refractivity (Wildman–Crippen MR) is 281 cm³/mol. The van der Waals surface area contributed by atoms with E-state index in [0.717, 1.165) is 106 Å². The monoisotopic (exact) mass is 1060 g/mol. The van der Waals surface area contributed by atoms with Gasteiger partial charge in [-0.3, -0.25) is 0 Å². The van der Waals surface area contributed by atoms with Crippen molar-refractivity contribution in [3.05, 3.63) is 0 Å². The first-order valence-corrected chi connectivity index (χ1v) is 28.6. The fourth-order valence-electron chi connectivity index (χ4n) is 10.9. The third-order valence-electron chi connectivity index (χ3n) is 13.1. The van der Waals surface area contributed by atoms with E-state index in [1.165, 1.54) is 128 Å². The molecular weight excluding hydrogens is 950 g/mol. The van der Waals surface area contributed by atoms with Crippen molar-refractivity contribution in [2.75, 3.05) is 13.2 Å². The fourth-order valence-corrected chi connectivity index (χ4v) is 12.6. The van der Waals surface area contributed by atoms with Crippen LogP contribution in [0.4, 0.5) is 0 Å². The van der Waals surface area contributed by atoms with Crippen molar-refractivity contribution in [3.8, 4) is 0 Å². The zero-order valence-corrected chi connectivity index (χ0v) is 46.8. The summed E-state index contributed by atoms with van der Waals surface area (Å²) in [6.45, 7) is 35.8. The molecule has 0 saturated heterocycles. The van der Waals surface area contributed by atoms with Gasteiger partial charge in [-0.1, -0.05) is 193 Å². The highest BCUT2D eigenvalue weighted by atomic mass is 127. The highest BCUT2D eigenvalue weighted by Gasteiger charge is 2.22. The smallest absolute Gasteiger partial charge is 0.160 e. The van der Waals surface area contributed by atoms with Crippen LogP contribution in [0.15, 0.2) is 0 Å². The molecular formula is C54H108I2O3. The van der Waals surface area contributed by atoms with E-state index < -0.39 is 0 Å². The van der Waals surface area contributed by atoms with Crippen LogP contribution in [0.1, 0.15) is 251 Å². The Labute approximate surface area is 400 Å². The Bertz CT molecular complexity index is 829. The van der Waals surface area contributed by atoms with Crippen LogP contribution in [0.2, 0.25) is 0 Å². The first-order chi connectivity index (χ1) is 27.9. The van der Waals surface area contributed by atoms with Crippen LogP contribution in [0.5, 0.6) is 0 Å². The molecule has 0 rings (SSSR count). The van der Waals surface area contributed by atoms with Crippen molar-refractivity contribution in [2.24, 2.45) is 59.2 Å². The second-order valence-electron chi connectivity index (χ2n) is 21.7. The topological polar surface area (TPSA) is 27.7 Å². The molecule has 14 atom stereocenters. The Hall–Kier alpha value is 1.34. The maximum absolute atomic E-state index is 6.82. The molecule has 0 N–H and O–H groups in total. The van der Waals surface area contributed by atoms with E-state index in [9.17, 15) is 0 Å². The Morgan fingerprint density at radius 2 is 0.576 bits per heavy atom. The highest BCUT2D eigenvalue weighted by Crippen LogP contribution is 2.32. The van der Waals surface area contributed by atoms with E-state index in [2.05, 4.69) is 142 Å². The average Bonchev–Trinajstić information content (AvgIpc) is 3.09. The maximum atomic E-state index is 6.82. The summed E-state index contributed by atoms with van der Waals surface area (Å²) in [5.74, 6) is 8.04. The summed E-state index contributed by atoms with van der Waals surface area (Å²) in [7, 11) is 0. The summed E-state index contributed by atoms with van der Waals surface area (Å²) in [4.78, 5) is 0. The standard InChI is InChI=1S/C54H108I2O3/c1-15-17-19-21-29-57-53(27-23-25-41(3)31-43(5)33-45(7)35-47(9)37-49(11)39-51(13)55)59-54(58-30-22-20-18-16-2)28-24-26-42(4)32-44(6)34-46(8)36-48(10)38-50(12)40-52(14)56/h41-54H,15-40H2,1-14H3. The molecule has 0 bridgehead atoms. The molecule has 356 valence electrons. The summed E-state index contributed by atoms with van der Waals surface area (Å²) in [5, 5.41) is 0. The quantitative estimate of drug-likeness (QED) is 0.0264. The van der Waals surface area contributed by atoms with Crippen molar-refractivity contribution in [1.29, 1.82) is 0 Å². The lowest BCUT2D eigenvalue weighted by Gasteiger charge is -2.27. The van der Waals surface area contributed by atoms with Gasteiger partial charge in [0.25, 0.3) is 0 Å². The van der Waals surface area contributed by atoms with Gasteiger partial charge in [-0.05, 0) is 162 Å². The van der Waals surface area contributed by atoms with Crippen molar-refractivity contribution in [3.63, 3.8) is 0 Å². The molecule has 0 aliphatic carbocycles. The third-order valence-corrected chi connectivity index (χ3v) is 14.1. The molecule has 0 fully saturated rings. The van der Waals surface area contributed by atoms with Gasteiger partial charge in [-0.2, -0.15) is 0 Å². The van der Waals surface area contributed by atoms with Crippen molar-refractivity contribution >= 4 is 45.2 Å². The Balaban J connectivity index is 5.13. The molecule has 5 heteroatoms. The SMILES string of the molecule is CCCCCCOC(CCCC(C)CC(C)CC(C)CC(C)CC(C)CC(C)I)OC(CCCC(C)CC(C)CC(C)CC(C)CC(C)CC(C)I)OCCCCCC. The number of ether oxygens (including phenoxy) is 3. The summed E-state index contributed by atoms with van der Waals surface area (Å²) in [5.41, 5.74) is 0. The van der Waals surface area contributed by atoms with E-state index >= 15 is 0 Å². The molecule has 3 nitrogen and oxygen atoms in total. The van der Waals surface area contributed by atoms with Crippen molar-refractivity contribution in [2.45, 2.75) is 271 Å². The summed E-state index contributed by atoms with van der Waals surface area (Å²) in [6, 6.07) is 0. The normalized spacial score (nSPS) is 19.5. The zero-order valence-electron chi connectivity index (χ0n) is 42.4. The minimum Gasteiger partial charge on any atom is -0.353 e. The second-order valence-corrected chi connectivity index (χ2v) is 25.9. The van der Waals surface area contributed by atoms with Gasteiger partial charge in [0, 0.05) is 21.1 Å². The summed E-state index contributed by atoms with van der Waals surface area (Å²) >= 11 is 5.18. The highest BCUT2D eigenvalue weighted by molar-refractivity contribution is 14.1. The number of hydrogen-bond acceptors (Lipinski definition) is 3. The third kappa shape index (κ3) is 38.3. The minimum atomic E-state index is -0.157. The molecule has 0 saturated carbocycles. The summed E-state index contributed by atoms with van der Waals surface area (Å²) in [6.07, 6.45) is 29.9. The first-order valence-electron chi connectivity index (χ1n) is 26.1. The molecule has 59 heavy (non-hydrogen) atoms. The Kier molecular flexibility index (Phi) is 39.5. The van der Waals surface area contributed by atoms with Gasteiger partial charge in [-0.15, -0.1) is 0 Å². The number of unbranched alkanes of at least 4 members (excludes halogenated alkanes) is 6. The molecule has 0 aromatic heterocycles. The lowest BCUT2D eigenvalue weighted by Crippen LogP contribution is -2.28. The van der Waals surface area contributed by atoms with E-state index in [1.807, 2.05) is 0 Å². The van der Waals surface area contributed by atoms with Crippen LogP contribution in [-0.4, -0.2) is 33.6 Å². The molecule has 14 unspecified atom stereocenters. The lowest BCUT2D eigenvalue weighted by molar-refractivity contribution is -0.250.